The average Bonchev–Trinajstić information content (AvgIpc) is 2.51. The van der Waals surface area contributed by atoms with Crippen LogP contribution in [0.5, 0.6) is 11.5 Å². The molecular formula is C15H13IN2O4. The quantitative estimate of drug-likeness (QED) is 0.405. The van der Waals surface area contributed by atoms with Crippen LogP contribution < -0.4 is 9.47 Å². The van der Waals surface area contributed by atoms with Gasteiger partial charge in [0.25, 0.3) is 0 Å². The summed E-state index contributed by atoms with van der Waals surface area (Å²) in [6.45, 7) is 1.77. The molecule has 0 bridgehead atoms. The number of nitriles is 2. The van der Waals surface area contributed by atoms with E-state index in [9.17, 15) is 4.79 Å². The molecule has 0 aliphatic carbocycles. The summed E-state index contributed by atoms with van der Waals surface area (Å²) in [5.41, 5.74) is 0.612. The van der Waals surface area contributed by atoms with Crippen LogP contribution in [0.3, 0.4) is 0 Å². The van der Waals surface area contributed by atoms with Crippen LogP contribution in [-0.4, -0.2) is 26.3 Å². The van der Waals surface area contributed by atoms with Gasteiger partial charge in [-0.1, -0.05) is 0 Å². The van der Waals surface area contributed by atoms with Crippen LogP contribution in [0, 0.1) is 26.2 Å². The molecule has 0 aliphatic heterocycles. The van der Waals surface area contributed by atoms with Gasteiger partial charge < -0.3 is 14.2 Å². The summed E-state index contributed by atoms with van der Waals surface area (Å²) in [5, 5.41) is 17.6. The van der Waals surface area contributed by atoms with Crippen molar-refractivity contribution in [3.63, 3.8) is 0 Å². The third-order valence-corrected chi connectivity index (χ3v) is 3.24. The van der Waals surface area contributed by atoms with Crippen molar-refractivity contribution in [3.05, 3.63) is 26.8 Å². The van der Waals surface area contributed by atoms with E-state index in [1.54, 1.807) is 31.2 Å². The molecular weight excluding hydrogens is 399 g/mol. The van der Waals surface area contributed by atoms with E-state index in [-0.39, 0.29) is 18.8 Å². The highest BCUT2D eigenvalue weighted by Crippen LogP contribution is 2.34. The average molecular weight is 412 g/mol. The van der Waals surface area contributed by atoms with Gasteiger partial charge in [0.2, 0.25) is 0 Å². The van der Waals surface area contributed by atoms with Crippen LogP contribution >= 0.6 is 22.6 Å². The first-order chi connectivity index (χ1) is 10.5. The van der Waals surface area contributed by atoms with E-state index in [0.717, 1.165) is 0 Å². The van der Waals surface area contributed by atoms with Crippen molar-refractivity contribution in [1.82, 2.24) is 0 Å². The molecule has 1 aromatic rings. The highest BCUT2D eigenvalue weighted by atomic mass is 127. The molecule has 1 rings (SSSR count). The molecule has 0 aromatic heterocycles. The third kappa shape index (κ3) is 4.93. The Balaban J connectivity index is 3.07. The Morgan fingerprint density at radius 3 is 2.59 bits per heavy atom. The molecule has 0 spiro atoms. The fourth-order valence-electron chi connectivity index (χ4n) is 1.55. The fraction of sp³-hybridized carbons (Fsp3) is 0.267. The molecule has 0 N–H and O–H groups in total. The maximum atomic E-state index is 11.3. The first-order valence-corrected chi connectivity index (χ1v) is 7.31. The molecule has 0 saturated heterocycles. The van der Waals surface area contributed by atoms with E-state index < -0.39 is 5.97 Å². The lowest BCUT2D eigenvalue weighted by Gasteiger charge is -2.13. The number of rotatable bonds is 6. The Bertz CT molecular complexity index is 655. The van der Waals surface area contributed by atoms with Crippen molar-refractivity contribution in [2.75, 3.05) is 20.3 Å². The molecule has 0 amide bonds. The number of benzene rings is 1. The summed E-state index contributed by atoms with van der Waals surface area (Å²) < 4.78 is 16.1. The fourth-order valence-corrected chi connectivity index (χ4v) is 2.33. The zero-order valence-electron chi connectivity index (χ0n) is 12.1. The van der Waals surface area contributed by atoms with Crippen LogP contribution in [0.2, 0.25) is 0 Å². The minimum Gasteiger partial charge on any atom is -0.493 e. The number of hydrogen-bond donors (Lipinski definition) is 0. The van der Waals surface area contributed by atoms with Gasteiger partial charge >= 0.3 is 5.97 Å². The van der Waals surface area contributed by atoms with Crippen LogP contribution in [0.15, 0.2) is 17.7 Å². The highest BCUT2D eigenvalue weighted by molar-refractivity contribution is 14.1. The molecule has 0 fully saturated rings. The predicted octanol–water partition coefficient (Wildman–Crippen LogP) is 2.67. The molecule has 0 heterocycles. The van der Waals surface area contributed by atoms with E-state index in [0.29, 0.717) is 20.6 Å². The first-order valence-electron chi connectivity index (χ1n) is 6.23. The molecule has 114 valence electrons. The van der Waals surface area contributed by atoms with Gasteiger partial charge in [-0.3, -0.25) is 0 Å². The zero-order valence-corrected chi connectivity index (χ0v) is 14.2. The van der Waals surface area contributed by atoms with E-state index in [1.807, 2.05) is 22.6 Å². The summed E-state index contributed by atoms with van der Waals surface area (Å²) in [5.74, 6) is 0.335. The number of esters is 1. The van der Waals surface area contributed by atoms with Gasteiger partial charge in [0.15, 0.2) is 18.1 Å². The van der Waals surface area contributed by atoms with Gasteiger partial charge in [0, 0.05) is 0 Å². The second kappa shape index (κ2) is 8.90. The Labute approximate surface area is 142 Å². The molecule has 6 nitrogen and oxygen atoms in total. The number of nitrogens with zero attached hydrogens (tertiary/aromatic N) is 2. The maximum Gasteiger partial charge on any atom is 0.344 e. The smallest absolute Gasteiger partial charge is 0.344 e. The molecule has 0 radical (unpaired) electrons. The summed E-state index contributed by atoms with van der Waals surface area (Å²) in [4.78, 5) is 11.3. The summed E-state index contributed by atoms with van der Waals surface area (Å²) in [6, 6.07) is 6.92. The number of ether oxygens (including phenoxy) is 3. The monoisotopic (exact) mass is 412 g/mol. The van der Waals surface area contributed by atoms with E-state index in [4.69, 9.17) is 24.7 Å². The number of carbonyl (C=O) groups excluding carboxylic acids is 1. The third-order valence-electron chi connectivity index (χ3n) is 2.44. The van der Waals surface area contributed by atoms with Crippen molar-refractivity contribution >= 4 is 34.6 Å². The molecule has 0 unspecified atom stereocenters. The number of methoxy groups -OCH3 is 1. The first kappa shape index (κ1) is 17.8. The summed E-state index contributed by atoms with van der Waals surface area (Å²) in [6.07, 6.45) is 1.44. The minimum atomic E-state index is -0.472. The summed E-state index contributed by atoms with van der Waals surface area (Å²) >= 11 is 2.02. The van der Waals surface area contributed by atoms with Gasteiger partial charge in [0.1, 0.15) is 17.7 Å². The number of halogens is 1. The Morgan fingerprint density at radius 1 is 1.36 bits per heavy atom. The number of allylic oxidation sites excluding steroid dienone is 1. The largest absolute Gasteiger partial charge is 0.493 e. The predicted molar refractivity (Wildman–Crippen MR) is 87.0 cm³/mol. The van der Waals surface area contributed by atoms with Crippen molar-refractivity contribution in [3.8, 4) is 23.6 Å². The van der Waals surface area contributed by atoms with Gasteiger partial charge in [-0.15, -0.1) is 0 Å². The second-order valence-electron chi connectivity index (χ2n) is 3.91. The molecule has 0 saturated carbocycles. The number of carbonyl (C=O) groups is 1. The Kier molecular flexibility index (Phi) is 7.20. The lowest BCUT2D eigenvalue weighted by molar-refractivity contribution is -0.145. The van der Waals surface area contributed by atoms with Crippen LogP contribution in [-0.2, 0) is 9.53 Å². The van der Waals surface area contributed by atoms with Gasteiger partial charge in [-0.05, 0) is 53.3 Å². The van der Waals surface area contributed by atoms with Crippen LogP contribution in [0.4, 0.5) is 0 Å². The maximum absolute atomic E-state index is 11.3. The summed E-state index contributed by atoms with van der Waals surface area (Å²) in [7, 11) is 1.46. The molecule has 7 heteroatoms. The molecule has 0 aliphatic rings. The van der Waals surface area contributed by atoms with E-state index in [2.05, 4.69) is 0 Å². The zero-order chi connectivity index (χ0) is 16.5. The topological polar surface area (TPSA) is 92.3 Å². The minimum absolute atomic E-state index is 0.0157. The molecule has 0 atom stereocenters. The Morgan fingerprint density at radius 2 is 2.05 bits per heavy atom. The van der Waals surface area contributed by atoms with E-state index in [1.165, 1.54) is 13.2 Å². The normalized spacial score (nSPS) is 9.14. The van der Waals surface area contributed by atoms with E-state index >= 15 is 0 Å². The van der Waals surface area contributed by atoms with Crippen molar-refractivity contribution in [1.29, 1.82) is 10.5 Å². The van der Waals surface area contributed by atoms with Crippen molar-refractivity contribution < 1.29 is 19.0 Å². The standard InChI is InChI=1S/C15H13IN2O4/c1-3-21-14(19)9-22-15-12(16)5-10(6-13(15)20-2)4-11(7-17)8-18/h4-6H,3,9H2,1-2H3. The number of hydrogen-bond acceptors (Lipinski definition) is 6. The molecule has 1 aromatic carbocycles. The second-order valence-corrected chi connectivity index (χ2v) is 5.07. The lowest BCUT2D eigenvalue weighted by Crippen LogP contribution is -2.15. The van der Waals surface area contributed by atoms with Crippen LogP contribution in [0.25, 0.3) is 6.08 Å². The molecule has 22 heavy (non-hydrogen) atoms. The van der Waals surface area contributed by atoms with Gasteiger partial charge in [0.05, 0.1) is 17.3 Å². The lowest BCUT2D eigenvalue weighted by atomic mass is 10.1. The highest BCUT2D eigenvalue weighted by Gasteiger charge is 2.13. The Hall–Kier alpha value is -2.26. The van der Waals surface area contributed by atoms with Gasteiger partial charge in [-0.2, -0.15) is 10.5 Å². The van der Waals surface area contributed by atoms with Crippen LogP contribution in [0.1, 0.15) is 12.5 Å². The SMILES string of the molecule is CCOC(=O)COc1c(I)cc(C=C(C#N)C#N)cc1OC. The van der Waals surface area contributed by atoms with Crippen molar-refractivity contribution in [2.45, 2.75) is 6.92 Å². The van der Waals surface area contributed by atoms with Crippen molar-refractivity contribution in [2.24, 2.45) is 0 Å². The van der Waals surface area contributed by atoms with Gasteiger partial charge in [-0.25, -0.2) is 4.79 Å².